The second kappa shape index (κ2) is 20.7. The molecule has 22 nitrogen and oxygen atoms in total. The van der Waals surface area contributed by atoms with E-state index in [0.717, 1.165) is 51.0 Å². The summed E-state index contributed by atoms with van der Waals surface area (Å²) in [6.45, 7) is 17.2. The molecule has 0 amide bonds. The highest BCUT2D eigenvalue weighted by Gasteiger charge is 2.81. The molecule has 29 atom stereocenters. The Morgan fingerprint density at radius 3 is 2.04 bits per heavy atom. The number of allylic oxidation sites excluding steroid dienone is 1. The Morgan fingerprint density at radius 1 is 0.658 bits per heavy atom. The second-order valence-corrected chi connectivity index (χ2v) is 25.9. The Kier molecular flexibility index (Phi) is 15.7. The van der Waals surface area contributed by atoms with E-state index in [4.69, 9.17) is 52.1 Å². The average molecular weight is 1090 g/mol. The van der Waals surface area contributed by atoms with Crippen molar-refractivity contribution in [2.45, 2.75) is 248 Å². The highest BCUT2D eigenvalue weighted by molar-refractivity contribution is 5.65. The predicted molar refractivity (Wildman–Crippen MR) is 260 cm³/mol. The van der Waals surface area contributed by atoms with Gasteiger partial charge in [-0.15, -0.1) is 0 Å². The minimum atomic E-state index is -1.91. The number of aliphatic hydroxyl groups excluding tert-OH is 9. The number of esters is 1. The normalized spacial score (nSPS) is 55.6. The molecule has 10 N–H and O–H groups in total. The van der Waals surface area contributed by atoms with Crippen LogP contribution >= 0.6 is 0 Å². The van der Waals surface area contributed by atoms with E-state index in [-0.39, 0.29) is 40.1 Å². The molecule has 0 unspecified atom stereocenters. The number of ether oxygens (including phenoxy) is 11. The Balaban J connectivity index is 0.927. The summed E-state index contributed by atoms with van der Waals surface area (Å²) in [6, 6.07) is 0. The molecule has 0 radical (unpaired) electrons. The zero-order valence-electron chi connectivity index (χ0n) is 45.3. The van der Waals surface area contributed by atoms with E-state index in [1.54, 1.807) is 0 Å². The number of carbonyl (C=O) groups excluding carboxylic acids is 1. The van der Waals surface area contributed by atoms with Crippen molar-refractivity contribution >= 4 is 5.97 Å². The van der Waals surface area contributed by atoms with Gasteiger partial charge in [0.1, 0.15) is 86.0 Å². The molecular weight excluding hydrogens is 1000 g/mol. The van der Waals surface area contributed by atoms with Crippen LogP contribution in [0.5, 0.6) is 0 Å². The van der Waals surface area contributed by atoms with Crippen LogP contribution < -0.4 is 0 Å². The number of aliphatic hydroxyl groups is 10. The minimum Gasteiger partial charge on any atom is -0.463 e. The van der Waals surface area contributed by atoms with Crippen molar-refractivity contribution in [3.63, 3.8) is 0 Å². The Hall–Kier alpha value is -1.59. The monoisotopic (exact) mass is 1090 g/mol. The van der Waals surface area contributed by atoms with Crippen molar-refractivity contribution in [3.8, 4) is 0 Å². The second-order valence-electron chi connectivity index (χ2n) is 25.9. The lowest BCUT2D eigenvalue weighted by Gasteiger charge is -2.70. The zero-order chi connectivity index (χ0) is 55.0. The molecule has 6 saturated heterocycles. The lowest BCUT2D eigenvalue weighted by Crippen LogP contribution is -2.68. The van der Waals surface area contributed by atoms with Crippen molar-refractivity contribution in [2.24, 2.45) is 45.3 Å². The van der Waals surface area contributed by atoms with Crippen LogP contribution in [0.2, 0.25) is 0 Å². The van der Waals surface area contributed by atoms with Gasteiger partial charge in [0.25, 0.3) is 0 Å². The molecule has 10 rings (SSSR count). The molecule has 22 heteroatoms. The molecule has 0 aromatic rings. The first-order valence-electron chi connectivity index (χ1n) is 27.7. The summed E-state index contributed by atoms with van der Waals surface area (Å²) in [5.41, 5.74) is -0.785. The summed E-state index contributed by atoms with van der Waals surface area (Å²) in [4.78, 5) is 11.9. The van der Waals surface area contributed by atoms with Gasteiger partial charge in [-0.25, -0.2) is 0 Å². The van der Waals surface area contributed by atoms with Gasteiger partial charge in [-0.05, 0) is 100 Å². The highest BCUT2D eigenvalue weighted by atomic mass is 16.8. The Bertz CT molecular complexity index is 2130. The average Bonchev–Trinajstić information content (AvgIpc) is 4.02. The first kappa shape index (κ1) is 57.6. The number of hydrogen-bond donors (Lipinski definition) is 10. The SMILES string of the molecule is CC(=O)OC[C@@H]1O[C@H](O[C@H]2[C@H](O[C@@H]3O[C@@H](C)[C@@H](O)[C@H](O)[C@H]3O)[C@@H](O[C@H]3CC[C@]4(C)[C@H]5CC[C@H]6[C@@H]7[C@@]8(C[C@]6(CO8)[C@@]5(C)CC[C@H]4C3(C)C)O[C@H](C=C(C)C)C[C@]7(C)O)OC[C@H]2O)[C@H](O[C@H]2OC[C@H](O)[C@@H](O)[C@H]2O)[C@@H](O)[C@@H]1O. The van der Waals surface area contributed by atoms with Crippen molar-refractivity contribution in [2.75, 3.05) is 26.4 Å². The van der Waals surface area contributed by atoms with Gasteiger partial charge < -0.3 is 103 Å². The molecule has 4 aliphatic carbocycles. The van der Waals surface area contributed by atoms with Gasteiger partial charge in [-0.2, -0.15) is 0 Å². The van der Waals surface area contributed by atoms with Gasteiger partial charge in [0, 0.05) is 31.1 Å². The van der Waals surface area contributed by atoms with Crippen molar-refractivity contribution in [3.05, 3.63) is 11.6 Å². The first-order chi connectivity index (χ1) is 35.6. The summed E-state index contributed by atoms with van der Waals surface area (Å²) in [7, 11) is 0. The first-order valence-corrected chi connectivity index (χ1v) is 27.7. The van der Waals surface area contributed by atoms with Gasteiger partial charge in [-0.1, -0.05) is 39.3 Å². The summed E-state index contributed by atoms with van der Waals surface area (Å²) in [6.07, 6.45) is -21.4. The van der Waals surface area contributed by atoms with Crippen LogP contribution in [0.15, 0.2) is 11.6 Å². The van der Waals surface area contributed by atoms with Crippen LogP contribution in [0.3, 0.4) is 0 Å². The van der Waals surface area contributed by atoms with Gasteiger partial charge in [0.05, 0.1) is 43.7 Å². The van der Waals surface area contributed by atoms with Crippen LogP contribution in [-0.4, -0.2) is 218 Å². The fourth-order valence-corrected chi connectivity index (χ4v) is 17.1. The maximum Gasteiger partial charge on any atom is 0.302 e. The largest absolute Gasteiger partial charge is 0.463 e. The third kappa shape index (κ3) is 9.38. The van der Waals surface area contributed by atoms with Gasteiger partial charge >= 0.3 is 5.97 Å². The molecule has 6 aliphatic heterocycles. The summed E-state index contributed by atoms with van der Waals surface area (Å²) < 4.78 is 69.0. The van der Waals surface area contributed by atoms with Crippen LogP contribution in [0, 0.1) is 45.3 Å². The Labute approximate surface area is 444 Å². The molecule has 0 aromatic heterocycles. The molecule has 2 bridgehead atoms. The molecule has 10 aliphatic rings. The number of fused-ring (bicyclic) bond motifs is 4. The van der Waals surface area contributed by atoms with Gasteiger partial charge in [0.2, 0.25) is 0 Å². The molecule has 10 fully saturated rings. The van der Waals surface area contributed by atoms with E-state index in [1.165, 1.54) is 6.92 Å². The van der Waals surface area contributed by atoms with Crippen LogP contribution in [0.25, 0.3) is 0 Å². The molecule has 2 spiro atoms. The third-order valence-electron chi connectivity index (χ3n) is 20.7. The topological polar surface area (TPSA) is 321 Å². The van der Waals surface area contributed by atoms with E-state index >= 15 is 0 Å². The quantitative estimate of drug-likeness (QED) is 0.0741. The lowest BCUT2D eigenvalue weighted by atomic mass is 9.35. The molecule has 76 heavy (non-hydrogen) atoms. The summed E-state index contributed by atoms with van der Waals surface area (Å²) in [5, 5.41) is 111. The molecular formula is C54H86O22. The smallest absolute Gasteiger partial charge is 0.302 e. The number of rotatable bonds is 11. The van der Waals surface area contributed by atoms with Gasteiger partial charge in [0.15, 0.2) is 30.9 Å². The standard InChI is InChI=1S/C54H86O22/c1-23(2)16-26-17-52(9,65)44-27-10-11-32-50(7)14-13-33(49(5,6)31(50)12-15-51(32,8)53(27)21-54(44,76-26)69-22-53)72-47-43(75-46-40(64)37(61)34(58)24(3)70-46)41(29(57)19-68-47)73-48-42(74-45-39(63)35(59)28(56)18-67-45)38(62)36(60)30(71-48)20-66-25(4)55/h16,24,26-48,56-65H,10-15,17-22H2,1-9H3/t24-,26+,27-,28-,29+,30-,31-,32+,33-,34+,35+,36+,37-,38-,39+,40+,41+,42+,43-,44-,45+,46-,47+,48+,50-,51-,52-,53+,54+/m0/s1. The fourth-order valence-electron chi connectivity index (χ4n) is 17.1. The van der Waals surface area contributed by atoms with E-state index in [0.29, 0.717) is 25.4 Å². The van der Waals surface area contributed by atoms with E-state index in [9.17, 15) is 55.9 Å². The fraction of sp³-hybridized carbons (Fsp3) is 0.944. The van der Waals surface area contributed by atoms with Crippen LogP contribution in [-0.2, 0) is 56.9 Å². The lowest BCUT2D eigenvalue weighted by molar-refractivity contribution is -0.399. The highest BCUT2D eigenvalue weighted by Crippen LogP contribution is 2.80. The maximum absolute atomic E-state index is 12.3. The molecule has 0 aromatic carbocycles. The van der Waals surface area contributed by atoms with Crippen LogP contribution in [0.4, 0.5) is 0 Å². The molecule has 4 saturated carbocycles. The number of hydrogen-bond acceptors (Lipinski definition) is 22. The molecule has 6 heterocycles. The zero-order valence-corrected chi connectivity index (χ0v) is 45.3. The maximum atomic E-state index is 12.3. The Morgan fingerprint density at radius 2 is 1.33 bits per heavy atom. The van der Waals surface area contributed by atoms with Crippen LogP contribution in [0.1, 0.15) is 114 Å². The number of carbonyl (C=O) groups is 1. The van der Waals surface area contributed by atoms with Crippen molar-refractivity contribution in [1.29, 1.82) is 0 Å². The third-order valence-corrected chi connectivity index (χ3v) is 20.7. The van der Waals surface area contributed by atoms with Crippen molar-refractivity contribution < 1.29 is 108 Å². The minimum absolute atomic E-state index is 0.120. The van der Waals surface area contributed by atoms with E-state index in [2.05, 4.69) is 47.6 Å². The van der Waals surface area contributed by atoms with E-state index in [1.807, 2.05) is 6.92 Å². The van der Waals surface area contributed by atoms with Crippen molar-refractivity contribution in [1.82, 2.24) is 0 Å². The van der Waals surface area contributed by atoms with Gasteiger partial charge in [-0.3, -0.25) is 4.79 Å². The summed E-state index contributed by atoms with van der Waals surface area (Å²) in [5.74, 6) is -1.01. The van der Waals surface area contributed by atoms with E-state index < -0.39 is 159 Å². The predicted octanol–water partition coefficient (Wildman–Crippen LogP) is 0.0284. The summed E-state index contributed by atoms with van der Waals surface area (Å²) >= 11 is 0. The molecule has 434 valence electrons.